The number of carbonyl (C=O) groups excluding carboxylic acids is 1. The van der Waals surface area contributed by atoms with E-state index >= 15 is 0 Å². The van der Waals surface area contributed by atoms with Crippen molar-refractivity contribution in [1.29, 1.82) is 0 Å². The molecular weight excluding hydrogens is 368 g/mol. The molecule has 0 spiro atoms. The molecule has 3 rings (SSSR count). The van der Waals surface area contributed by atoms with E-state index in [0.29, 0.717) is 11.3 Å². The molecule has 3 aromatic rings. The highest BCUT2D eigenvalue weighted by molar-refractivity contribution is 7.89. The summed E-state index contributed by atoms with van der Waals surface area (Å²) in [5.41, 5.74) is 2.13. The monoisotopic (exact) mass is 386 g/mol. The lowest BCUT2D eigenvalue weighted by Crippen LogP contribution is -2.23. The van der Waals surface area contributed by atoms with Crippen LogP contribution in [-0.2, 0) is 16.6 Å². The van der Waals surface area contributed by atoms with Gasteiger partial charge in [-0.1, -0.05) is 18.2 Å². The lowest BCUT2D eigenvalue weighted by molar-refractivity contribution is 0.102. The van der Waals surface area contributed by atoms with Crippen molar-refractivity contribution in [2.75, 3.05) is 5.32 Å². The van der Waals surface area contributed by atoms with Gasteiger partial charge in [0.2, 0.25) is 10.0 Å². The first-order chi connectivity index (χ1) is 12.4. The maximum atomic E-state index is 12.3. The number of carbonyl (C=O) groups is 1. The number of hydrogen-bond acceptors (Lipinski definition) is 4. The fourth-order valence-corrected chi connectivity index (χ4v) is 4.12. The Kier molecular flexibility index (Phi) is 5.51. The first kappa shape index (κ1) is 18.3. The lowest BCUT2D eigenvalue weighted by atomic mass is 10.2. The van der Waals surface area contributed by atoms with E-state index in [1.54, 1.807) is 6.07 Å². The average Bonchev–Trinajstić information content (AvgIpc) is 3.14. The van der Waals surface area contributed by atoms with E-state index in [1.807, 2.05) is 42.6 Å². The minimum atomic E-state index is -3.62. The van der Waals surface area contributed by atoms with Gasteiger partial charge in [-0.3, -0.25) is 4.79 Å². The topological polar surface area (TPSA) is 75.3 Å². The number of anilines is 1. The van der Waals surface area contributed by atoms with Gasteiger partial charge in [0.1, 0.15) is 0 Å². The van der Waals surface area contributed by atoms with Gasteiger partial charge in [-0.25, -0.2) is 13.1 Å². The van der Waals surface area contributed by atoms with Crippen LogP contribution in [0.15, 0.2) is 70.9 Å². The van der Waals surface area contributed by atoms with Crippen molar-refractivity contribution in [2.24, 2.45) is 0 Å². The summed E-state index contributed by atoms with van der Waals surface area (Å²) >= 11 is 1.49. The summed E-state index contributed by atoms with van der Waals surface area (Å²) in [5, 5.41) is 4.69. The van der Waals surface area contributed by atoms with Crippen LogP contribution in [0.25, 0.3) is 0 Å². The van der Waals surface area contributed by atoms with Crippen LogP contribution in [0.2, 0.25) is 0 Å². The molecule has 2 aromatic carbocycles. The van der Waals surface area contributed by atoms with Crippen molar-refractivity contribution in [1.82, 2.24) is 4.72 Å². The van der Waals surface area contributed by atoms with Gasteiger partial charge in [0.05, 0.1) is 4.90 Å². The zero-order valence-corrected chi connectivity index (χ0v) is 15.7. The molecule has 1 amide bonds. The molecule has 0 fully saturated rings. The van der Waals surface area contributed by atoms with Crippen LogP contribution in [0, 0.1) is 6.92 Å². The molecule has 7 heteroatoms. The number of thiophene rings is 1. The highest BCUT2D eigenvalue weighted by atomic mass is 32.2. The molecule has 0 unspecified atom stereocenters. The molecule has 0 aliphatic rings. The number of hydrogen-bond donors (Lipinski definition) is 2. The maximum Gasteiger partial charge on any atom is 0.255 e. The van der Waals surface area contributed by atoms with Crippen LogP contribution in [0.3, 0.4) is 0 Å². The van der Waals surface area contributed by atoms with E-state index in [2.05, 4.69) is 10.0 Å². The Balaban J connectivity index is 1.68. The van der Waals surface area contributed by atoms with Crippen molar-refractivity contribution in [3.8, 4) is 0 Å². The maximum absolute atomic E-state index is 12.3. The Hall–Kier alpha value is -2.48. The Morgan fingerprint density at radius 3 is 2.46 bits per heavy atom. The van der Waals surface area contributed by atoms with Gasteiger partial charge in [-0.05, 0) is 60.3 Å². The molecule has 26 heavy (non-hydrogen) atoms. The quantitative estimate of drug-likeness (QED) is 0.677. The number of amides is 1. The molecule has 0 aliphatic heterocycles. The van der Waals surface area contributed by atoms with Crippen LogP contribution in [0.1, 0.15) is 20.8 Å². The van der Waals surface area contributed by atoms with Crippen LogP contribution in [-0.4, -0.2) is 14.3 Å². The SMILES string of the molecule is Cc1cccc(NC(=O)c2ccc(S(=O)(=O)NCc3cccs3)cc2)c1. The van der Waals surface area contributed by atoms with Crippen molar-refractivity contribution in [3.05, 3.63) is 82.0 Å². The Bertz CT molecular complexity index is 996. The second-order valence-electron chi connectivity index (χ2n) is 5.75. The van der Waals surface area contributed by atoms with E-state index in [4.69, 9.17) is 0 Å². The second-order valence-corrected chi connectivity index (χ2v) is 8.55. The Morgan fingerprint density at radius 1 is 1.04 bits per heavy atom. The summed E-state index contributed by atoms with van der Waals surface area (Å²) in [6.45, 7) is 2.19. The van der Waals surface area contributed by atoms with E-state index in [1.165, 1.54) is 35.6 Å². The summed E-state index contributed by atoms with van der Waals surface area (Å²) in [4.78, 5) is 13.4. The molecule has 0 bridgehead atoms. The van der Waals surface area contributed by atoms with Crippen molar-refractivity contribution < 1.29 is 13.2 Å². The lowest BCUT2D eigenvalue weighted by Gasteiger charge is -2.08. The number of benzene rings is 2. The molecular formula is C19H18N2O3S2. The van der Waals surface area contributed by atoms with Crippen LogP contribution in [0.5, 0.6) is 0 Å². The molecule has 0 aliphatic carbocycles. The first-order valence-corrected chi connectivity index (χ1v) is 10.3. The van der Waals surface area contributed by atoms with Crippen LogP contribution >= 0.6 is 11.3 Å². The molecule has 0 radical (unpaired) electrons. The zero-order chi connectivity index (χ0) is 18.6. The van der Waals surface area contributed by atoms with Crippen molar-refractivity contribution in [3.63, 3.8) is 0 Å². The Morgan fingerprint density at radius 2 is 1.81 bits per heavy atom. The van der Waals surface area contributed by atoms with Crippen LogP contribution < -0.4 is 10.0 Å². The summed E-state index contributed by atoms with van der Waals surface area (Å²) < 4.78 is 27.2. The molecule has 134 valence electrons. The van der Waals surface area contributed by atoms with E-state index in [9.17, 15) is 13.2 Å². The van der Waals surface area contributed by atoms with Crippen molar-refractivity contribution in [2.45, 2.75) is 18.4 Å². The third kappa shape index (κ3) is 4.57. The standard InChI is InChI=1S/C19H18N2O3S2/c1-14-4-2-5-16(12-14)21-19(22)15-7-9-18(10-8-15)26(23,24)20-13-17-6-3-11-25-17/h2-12,20H,13H2,1H3,(H,21,22). The fourth-order valence-electron chi connectivity index (χ4n) is 2.37. The second kappa shape index (κ2) is 7.82. The molecule has 0 saturated heterocycles. The van der Waals surface area contributed by atoms with E-state index in [0.717, 1.165) is 10.4 Å². The van der Waals surface area contributed by atoms with Crippen LogP contribution in [0.4, 0.5) is 5.69 Å². The molecule has 5 nitrogen and oxygen atoms in total. The summed E-state index contributed by atoms with van der Waals surface area (Å²) in [5.74, 6) is -0.286. The first-order valence-electron chi connectivity index (χ1n) is 7.94. The highest BCUT2D eigenvalue weighted by Crippen LogP contribution is 2.15. The highest BCUT2D eigenvalue weighted by Gasteiger charge is 2.15. The molecule has 0 saturated carbocycles. The predicted octanol–water partition coefficient (Wildman–Crippen LogP) is 3.79. The third-order valence-electron chi connectivity index (χ3n) is 3.72. The summed E-state index contributed by atoms with van der Waals surface area (Å²) in [6.07, 6.45) is 0. The van der Waals surface area contributed by atoms with Gasteiger partial charge < -0.3 is 5.32 Å². The Labute approximate surface area is 156 Å². The zero-order valence-electron chi connectivity index (χ0n) is 14.1. The van der Waals surface area contributed by atoms with E-state index in [-0.39, 0.29) is 17.3 Å². The number of aryl methyl sites for hydroxylation is 1. The molecule has 1 heterocycles. The third-order valence-corrected chi connectivity index (χ3v) is 6.01. The van der Waals surface area contributed by atoms with Gasteiger partial charge >= 0.3 is 0 Å². The van der Waals surface area contributed by atoms with E-state index < -0.39 is 10.0 Å². The summed E-state index contributed by atoms with van der Waals surface area (Å²) in [7, 11) is -3.62. The fraction of sp³-hybridized carbons (Fsp3) is 0.105. The van der Waals surface area contributed by atoms with Gasteiger partial charge in [0.15, 0.2) is 0 Å². The van der Waals surface area contributed by atoms with Gasteiger partial charge in [-0.15, -0.1) is 11.3 Å². The largest absolute Gasteiger partial charge is 0.322 e. The number of nitrogens with one attached hydrogen (secondary N) is 2. The smallest absolute Gasteiger partial charge is 0.255 e. The van der Waals surface area contributed by atoms with Gasteiger partial charge in [0.25, 0.3) is 5.91 Å². The molecule has 2 N–H and O–H groups in total. The average molecular weight is 386 g/mol. The molecule has 0 atom stereocenters. The normalized spacial score (nSPS) is 11.3. The number of rotatable bonds is 6. The number of sulfonamides is 1. The minimum Gasteiger partial charge on any atom is -0.322 e. The predicted molar refractivity (Wildman–Crippen MR) is 104 cm³/mol. The molecule has 1 aromatic heterocycles. The van der Waals surface area contributed by atoms with Gasteiger partial charge in [-0.2, -0.15) is 0 Å². The summed E-state index contributed by atoms with van der Waals surface area (Å²) in [6, 6.07) is 17.1. The minimum absolute atomic E-state index is 0.126. The van der Waals surface area contributed by atoms with Crippen molar-refractivity contribution >= 4 is 33.0 Å². The van der Waals surface area contributed by atoms with Gasteiger partial charge in [0, 0.05) is 22.7 Å².